The monoisotopic (exact) mass is 602 g/mol. The molecule has 0 aliphatic heterocycles. The molecule has 0 fully saturated rings. The summed E-state index contributed by atoms with van der Waals surface area (Å²) >= 11 is 0. The number of hydrogen-bond donors (Lipinski definition) is 0. The maximum Gasteiger partial charge on any atom is 0.0744 e. The van der Waals surface area contributed by atoms with Gasteiger partial charge in [-0.1, -0.05) is 129 Å². The predicted molar refractivity (Wildman–Crippen MR) is 197 cm³/mol. The van der Waals surface area contributed by atoms with E-state index in [9.17, 15) is 0 Å². The first kappa shape index (κ1) is 27.6. The summed E-state index contributed by atoms with van der Waals surface area (Å²) in [6.45, 7) is 6.90. The molecule has 224 valence electrons. The summed E-state index contributed by atoms with van der Waals surface area (Å²) in [5, 5.41) is 2.55. The summed E-state index contributed by atoms with van der Waals surface area (Å²) in [5.74, 6) is 0. The molecule has 1 aliphatic carbocycles. The molecule has 2 aromatic heterocycles. The first-order chi connectivity index (χ1) is 23.0. The average Bonchev–Trinajstić information content (AvgIpc) is 3.56. The van der Waals surface area contributed by atoms with E-state index >= 15 is 0 Å². The highest BCUT2D eigenvalue weighted by atomic mass is 15.0. The molecule has 47 heavy (non-hydrogen) atoms. The lowest BCUT2D eigenvalue weighted by molar-refractivity contribution is 0.661. The van der Waals surface area contributed by atoms with Crippen molar-refractivity contribution in [1.29, 1.82) is 0 Å². The molecule has 2 heteroatoms. The Labute approximate surface area is 275 Å². The van der Waals surface area contributed by atoms with Gasteiger partial charge < -0.3 is 4.57 Å². The SMILES string of the molecule is Cc1c(-c2ccccc2)cc(-c2cccc(-n3c4ccccc4c4cc5c(cc43)C(C)(C)c3ccccc3-5)c2)nc1-c1ccccc1. The van der Waals surface area contributed by atoms with Crippen LogP contribution < -0.4 is 0 Å². The molecule has 8 aromatic rings. The summed E-state index contributed by atoms with van der Waals surface area (Å²) in [5.41, 5.74) is 16.8. The number of para-hydroxylation sites is 1. The number of nitrogens with zero attached hydrogens (tertiary/aromatic N) is 2. The van der Waals surface area contributed by atoms with Gasteiger partial charge in [0, 0.05) is 33.0 Å². The van der Waals surface area contributed by atoms with Crippen LogP contribution in [0.25, 0.3) is 72.3 Å². The van der Waals surface area contributed by atoms with Crippen molar-refractivity contribution >= 4 is 21.8 Å². The van der Waals surface area contributed by atoms with Crippen molar-refractivity contribution in [2.24, 2.45) is 0 Å². The van der Waals surface area contributed by atoms with E-state index in [2.05, 4.69) is 177 Å². The second kappa shape index (κ2) is 10.4. The first-order valence-electron chi connectivity index (χ1n) is 16.4. The molecular weight excluding hydrogens is 569 g/mol. The third-order valence-electron chi connectivity index (χ3n) is 10.2. The van der Waals surface area contributed by atoms with Crippen molar-refractivity contribution in [2.45, 2.75) is 26.2 Å². The van der Waals surface area contributed by atoms with Crippen LogP contribution in [0, 0.1) is 6.92 Å². The van der Waals surface area contributed by atoms with Gasteiger partial charge in [0.25, 0.3) is 0 Å². The number of hydrogen-bond acceptors (Lipinski definition) is 1. The molecule has 0 saturated heterocycles. The first-order valence-corrected chi connectivity index (χ1v) is 16.4. The summed E-state index contributed by atoms with van der Waals surface area (Å²) < 4.78 is 2.44. The van der Waals surface area contributed by atoms with Crippen LogP contribution in [0.1, 0.15) is 30.5 Å². The minimum absolute atomic E-state index is 0.0727. The molecular formula is C45H34N2. The Hall–Kier alpha value is -5.73. The maximum absolute atomic E-state index is 5.33. The van der Waals surface area contributed by atoms with Crippen LogP contribution in [0.15, 0.2) is 152 Å². The van der Waals surface area contributed by atoms with Gasteiger partial charge in [0.1, 0.15) is 0 Å². The lowest BCUT2D eigenvalue weighted by Gasteiger charge is -2.21. The Morgan fingerprint density at radius 1 is 0.489 bits per heavy atom. The van der Waals surface area contributed by atoms with Crippen molar-refractivity contribution in [3.63, 3.8) is 0 Å². The second-order valence-electron chi connectivity index (χ2n) is 13.2. The summed E-state index contributed by atoms with van der Waals surface area (Å²) in [6, 6.07) is 54.9. The predicted octanol–water partition coefficient (Wildman–Crippen LogP) is 11.8. The molecule has 0 amide bonds. The van der Waals surface area contributed by atoms with E-state index in [-0.39, 0.29) is 5.41 Å². The Morgan fingerprint density at radius 3 is 1.98 bits per heavy atom. The van der Waals surface area contributed by atoms with Gasteiger partial charge in [0.2, 0.25) is 0 Å². The third kappa shape index (κ3) is 4.22. The molecule has 0 N–H and O–H groups in total. The van der Waals surface area contributed by atoms with Crippen LogP contribution in [0.3, 0.4) is 0 Å². The summed E-state index contributed by atoms with van der Waals surface area (Å²) in [4.78, 5) is 5.33. The van der Waals surface area contributed by atoms with Crippen molar-refractivity contribution in [1.82, 2.24) is 9.55 Å². The van der Waals surface area contributed by atoms with Crippen LogP contribution in [0.2, 0.25) is 0 Å². The fourth-order valence-corrected chi connectivity index (χ4v) is 7.80. The average molecular weight is 603 g/mol. The van der Waals surface area contributed by atoms with Gasteiger partial charge in [-0.25, -0.2) is 4.98 Å². The molecule has 2 heterocycles. The third-order valence-corrected chi connectivity index (χ3v) is 10.2. The summed E-state index contributed by atoms with van der Waals surface area (Å²) in [7, 11) is 0. The Kier molecular flexibility index (Phi) is 6.10. The van der Waals surface area contributed by atoms with Gasteiger partial charge >= 0.3 is 0 Å². The maximum atomic E-state index is 5.33. The smallest absolute Gasteiger partial charge is 0.0744 e. The fourth-order valence-electron chi connectivity index (χ4n) is 7.80. The Balaban J connectivity index is 1.27. The highest BCUT2D eigenvalue weighted by molar-refractivity contribution is 6.11. The van der Waals surface area contributed by atoms with Crippen molar-refractivity contribution in [2.75, 3.05) is 0 Å². The van der Waals surface area contributed by atoms with Gasteiger partial charge in [0.15, 0.2) is 0 Å². The normalized spacial score (nSPS) is 13.2. The van der Waals surface area contributed by atoms with Gasteiger partial charge in [-0.15, -0.1) is 0 Å². The van der Waals surface area contributed by atoms with Gasteiger partial charge in [0.05, 0.1) is 22.4 Å². The van der Waals surface area contributed by atoms with Crippen LogP contribution in [-0.2, 0) is 5.41 Å². The van der Waals surface area contributed by atoms with Crippen LogP contribution in [-0.4, -0.2) is 9.55 Å². The van der Waals surface area contributed by atoms with E-state index < -0.39 is 0 Å². The number of pyridine rings is 1. The van der Waals surface area contributed by atoms with E-state index in [0.29, 0.717) is 0 Å². The molecule has 1 aliphatic rings. The molecule has 0 radical (unpaired) electrons. The Morgan fingerprint density at radius 2 is 1.17 bits per heavy atom. The lowest BCUT2D eigenvalue weighted by atomic mass is 9.82. The van der Waals surface area contributed by atoms with Crippen LogP contribution in [0.5, 0.6) is 0 Å². The van der Waals surface area contributed by atoms with Gasteiger partial charge in [-0.2, -0.15) is 0 Å². The van der Waals surface area contributed by atoms with E-state index in [0.717, 1.165) is 28.2 Å². The summed E-state index contributed by atoms with van der Waals surface area (Å²) in [6.07, 6.45) is 0. The van der Waals surface area contributed by atoms with E-state index in [1.807, 2.05) is 0 Å². The zero-order chi connectivity index (χ0) is 31.7. The topological polar surface area (TPSA) is 17.8 Å². The highest BCUT2D eigenvalue weighted by Gasteiger charge is 2.36. The Bertz CT molecular complexity index is 2420. The number of benzene rings is 6. The van der Waals surface area contributed by atoms with Crippen molar-refractivity contribution < 1.29 is 0 Å². The van der Waals surface area contributed by atoms with Gasteiger partial charge in [-0.3, -0.25) is 0 Å². The molecule has 9 rings (SSSR count). The van der Waals surface area contributed by atoms with E-state index in [1.54, 1.807) is 0 Å². The molecule has 0 unspecified atom stereocenters. The van der Waals surface area contributed by atoms with Crippen LogP contribution in [0.4, 0.5) is 0 Å². The zero-order valence-corrected chi connectivity index (χ0v) is 26.8. The quantitative estimate of drug-likeness (QED) is 0.196. The largest absolute Gasteiger partial charge is 0.309 e. The van der Waals surface area contributed by atoms with E-state index in [4.69, 9.17) is 4.98 Å². The molecule has 2 nitrogen and oxygen atoms in total. The molecule has 0 bridgehead atoms. The fraction of sp³-hybridized carbons (Fsp3) is 0.0889. The second-order valence-corrected chi connectivity index (χ2v) is 13.2. The number of fused-ring (bicyclic) bond motifs is 6. The molecule has 6 aromatic carbocycles. The number of rotatable bonds is 4. The zero-order valence-electron chi connectivity index (χ0n) is 26.8. The van der Waals surface area contributed by atoms with Crippen LogP contribution >= 0.6 is 0 Å². The molecule has 0 spiro atoms. The molecule has 0 saturated carbocycles. The van der Waals surface area contributed by atoms with Crippen molar-refractivity contribution in [3.05, 3.63) is 168 Å². The van der Waals surface area contributed by atoms with Gasteiger partial charge in [-0.05, 0) is 82.3 Å². The highest BCUT2D eigenvalue weighted by Crippen LogP contribution is 2.51. The van der Waals surface area contributed by atoms with Crippen molar-refractivity contribution in [3.8, 4) is 50.5 Å². The number of aromatic nitrogens is 2. The molecule has 0 atom stereocenters. The standard InChI is InChI=1S/C45H34N2/c1-29-36(30-15-6-4-7-16-30)27-41(46-44(29)31-17-8-5-9-18-31)32-19-14-20-33(25-32)47-42-24-13-11-22-35(42)38-26-37-34-21-10-12-23-39(34)45(2,3)40(37)28-43(38)47/h4-28H,1-3H3. The van der Waals surface area contributed by atoms with E-state index in [1.165, 1.54) is 60.8 Å². The minimum atomic E-state index is -0.0727. The lowest BCUT2D eigenvalue weighted by Crippen LogP contribution is -2.14. The minimum Gasteiger partial charge on any atom is -0.309 e.